The number of carboxylic acids is 1. The molecule has 4 nitrogen and oxygen atoms in total. The predicted molar refractivity (Wildman–Crippen MR) is 106 cm³/mol. The number of carboxylic acid groups (broad SMARTS) is 1. The minimum atomic E-state index is -0.924. The van der Waals surface area contributed by atoms with Crippen molar-refractivity contribution in [1.29, 1.82) is 0 Å². The van der Waals surface area contributed by atoms with Crippen molar-refractivity contribution in [2.45, 2.75) is 11.8 Å². The van der Waals surface area contributed by atoms with Gasteiger partial charge in [-0.25, -0.2) is 0 Å². The number of anilines is 1. The van der Waals surface area contributed by atoms with E-state index in [-0.39, 0.29) is 17.7 Å². The van der Waals surface area contributed by atoms with Crippen LogP contribution in [-0.4, -0.2) is 17.0 Å². The highest BCUT2D eigenvalue weighted by Gasteiger charge is 2.55. The molecule has 0 heterocycles. The smallest absolute Gasteiger partial charge is 0.308 e. The van der Waals surface area contributed by atoms with Crippen molar-refractivity contribution in [3.63, 3.8) is 0 Å². The van der Waals surface area contributed by atoms with E-state index in [2.05, 4.69) is 5.32 Å². The maximum atomic E-state index is 13.3. The third-order valence-electron chi connectivity index (χ3n) is 6.07. The Hall–Kier alpha value is -3.40. The summed E-state index contributed by atoms with van der Waals surface area (Å²) in [5, 5.41) is 13.1. The molecule has 3 aromatic carbocycles. The van der Waals surface area contributed by atoms with Gasteiger partial charge in [-0.1, -0.05) is 66.7 Å². The molecule has 0 saturated heterocycles. The molecule has 3 aliphatic carbocycles. The van der Waals surface area contributed by atoms with Gasteiger partial charge >= 0.3 is 5.97 Å². The number of carbonyl (C=O) groups excluding carboxylic acids is 1. The third-order valence-corrected chi connectivity index (χ3v) is 6.07. The summed E-state index contributed by atoms with van der Waals surface area (Å²) in [5.41, 5.74) is 4.87. The second kappa shape index (κ2) is 6.34. The number of para-hydroxylation sites is 1. The minimum Gasteiger partial charge on any atom is -0.481 e. The molecule has 0 saturated carbocycles. The zero-order chi connectivity index (χ0) is 19.3. The Morgan fingerprint density at radius 2 is 1.07 bits per heavy atom. The molecule has 138 valence electrons. The standard InChI is InChI=1S/C24H19NO3/c26-23(25-14-8-2-1-3-9-14)21-19-15-10-4-6-12-17(15)20(22(21)24(27)28)18-13-7-5-11-16(18)19/h1-13,19-22H,(H,25,26)(H,27,28)/t19?,20?,21-,22-/m1/s1. The summed E-state index contributed by atoms with van der Waals surface area (Å²) >= 11 is 0. The van der Waals surface area contributed by atoms with E-state index in [0.717, 1.165) is 22.3 Å². The van der Waals surface area contributed by atoms with Crippen LogP contribution in [0.25, 0.3) is 0 Å². The van der Waals surface area contributed by atoms with E-state index < -0.39 is 17.8 Å². The monoisotopic (exact) mass is 369 g/mol. The predicted octanol–water partition coefficient (Wildman–Crippen LogP) is 4.23. The Bertz CT molecular complexity index is 1030. The van der Waals surface area contributed by atoms with Crippen LogP contribution in [0, 0.1) is 11.8 Å². The first-order valence-electron chi connectivity index (χ1n) is 9.43. The number of carbonyl (C=O) groups is 2. The summed E-state index contributed by atoms with van der Waals surface area (Å²) in [4.78, 5) is 25.7. The topological polar surface area (TPSA) is 66.4 Å². The normalized spacial score (nSPS) is 24.1. The largest absolute Gasteiger partial charge is 0.481 e. The van der Waals surface area contributed by atoms with Gasteiger partial charge in [-0.05, 0) is 34.4 Å². The number of hydrogen-bond acceptors (Lipinski definition) is 2. The van der Waals surface area contributed by atoms with Gasteiger partial charge in [0.15, 0.2) is 0 Å². The molecule has 0 aliphatic heterocycles. The molecule has 0 fully saturated rings. The van der Waals surface area contributed by atoms with Crippen molar-refractivity contribution < 1.29 is 14.7 Å². The zero-order valence-electron chi connectivity index (χ0n) is 15.1. The van der Waals surface area contributed by atoms with Crippen molar-refractivity contribution in [3.05, 3.63) is 101 Å². The van der Waals surface area contributed by atoms with Crippen LogP contribution in [0.1, 0.15) is 34.1 Å². The lowest BCUT2D eigenvalue weighted by Crippen LogP contribution is -2.48. The van der Waals surface area contributed by atoms with E-state index >= 15 is 0 Å². The molecule has 0 radical (unpaired) electrons. The summed E-state index contributed by atoms with van der Waals surface area (Å²) in [6.07, 6.45) is 0. The van der Waals surface area contributed by atoms with Gasteiger partial charge in [0.1, 0.15) is 0 Å². The lowest BCUT2D eigenvalue weighted by molar-refractivity contribution is -0.148. The first kappa shape index (κ1) is 16.8. The maximum Gasteiger partial charge on any atom is 0.308 e. The summed E-state index contributed by atoms with van der Waals surface area (Å²) in [5.74, 6) is -3.19. The quantitative estimate of drug-likeness (QED) is 0.726. The highest BCUT2D eigenvalue weighted by molar-refractivity contribution is 5.98. The second-order valence-corrected chi connectivity index (χ2v) is 7.46. The fourth-order valence-electron chi connectivity index (χ4n) is 5.04. The molecular weight excluding hydrogens is 350 g/mol. The van der Waals surface area contributed by atoms with Crippen molar-refractivity contribution in [2.24, 2.45) is 11.8 Å². The van der Waals surface area contributed by atoms with E-state index in [0.29, 0.717) is 5.69 Å². The van der Waals surface area contributed by atoms with E-state index in [9.17, 15) is 14.7 Å². The van der Waals surface area contributed by atoms with Crippen LogP contribution in [0.5, 0.6) is 0 Å². The summed E-state index contributed by atoms with van der Waals surface area (Å²) < 4.78 is 0. The van der Waals surface area contributed by atoms with Crippen molar-refractivity contribution >= 4 is 17.6 Å². The summed E-state index contributed by atoms with van der Waals surface area (Å²) in [6, 6.07) is 25.1. The number of aliphatic carboxylic acids is 1. The Labute approximate surface area is 162 Å². The van der Waals surface area contributed by atoms with Crippen molar-refractivity contribution in [2.75, 3.05) is 5.32 Å². The molecule has 4 heteroatoms. The third kappa shape index (κ3) is 2.38. The molecule has 3 aromatic rings. The molecule has 0 unspecified atom stereocenters. The number of nitrogens with one attached hydrogen (secondary N) is 1. The molecule has 28 heavy (non-hydrogen) atoms. The van der Waals surface area contributed by atoms with Gasteiger partial charge < -0.3 is 10.4 Å². The summed E-state index contributed by atoms with van der Waals surface area (Å²) in [6.45, 7) is 0. The van der Waals surface area contributed by atoms with Gasteiger partial charge in [-0.15, -0.1) is 0 Å². The van der Waals surface area contributed by atoms with Crippen LogP contribution in [0.4, 0.5) is 5.69 Å². The molecule has 2 N–H and O–H groups in total. The van der Waals surface area contributed by atoms with Gasteiger partial charge in [0.2, 0.25) is 5.91 Å². The van der Waals surface area contributed by atoms with Crippen LogP contribution in [0.15, 0.2) is 78.9 Å². The molecule has 0 aromatic heterocycles. The molecule has 1 amide bonds. The van der Waals surface area contributed by atoms with Crippen LogP contribution in [0.2, 0.25) is 0 Å². The molecule has 2 bridgehead atoms. The highest BCUT2D eigenvalue weighted by Crippen LogP contribution is 2.58. The van der Waals surface area contributed by atoms with Gasteiger partial charge in [0, 0.05) is 17.5 Å². The van der Waals surface area contributed by atoms with Crippen LogP contribution in [-0.2, 0) is 9.59 Å². The highest BCUT2D eigenvalue weighted by atomic mass is 16.4. The molecule has 6 rings (SSSR count). The Balaban J connectivity index is 1.67. The lowest BCUT2D eigenvalue weighted by atomic mass is 9.54. The van der Waals surface area contributed by atoms with E-state index in [1.165, 1.54) is 0 Å². The Morgan fingerprint density at radius 1 is 0.643 bits per heavy atom. The molecule has 2 atom stereocenters. The van der Waals surface area contributed by atoms with Crippen LogP contribution < -0.4 is 5.32 Å². The zero-order valence-corrected chi connectivity index (χ0v) is 15.1. The molecule has 0 spiro atoms. The second-order valence-electron chi connectivity index (χ2n) is 7.46. The Morgan fingerprint density at radius 3 is 1.54 bits per heavy atom. The fraction of sp³-hybridized carbons (Fsp3) is 0.167. The number of rotatable bonds is 3. The van der Waals surface area contributed by atoms with Gasteiger partial charge in [0.25, 0.3) is 0 Å². The van der Waals surface area contributed by atoms with Crippen molar-refractivity contribution in [1.82, 2.24) is 0 Å². The first-order valence-corrected chi connectivity index (χ1v) is 9.43. The number of benzene rings is 3. The van der Waals surface area contributed by atoms with Gasteiger partial charge in [0.05, 0.1) is 11.8 Å². The van der Waals surface area contributed by atoms with Crippen LogP contribution in [0.3, 0.4) is 0 Å². The fourth-order valence-corrected chi connectivity index (χ4v) is 5.04. The van der Waals surface area contributed by atoms with E-state index in [1.807, 2.05) is 78.9 Å². The van der Waals surface area contributed by atoms with Gasteiger partial charge in [-0.3, -0.25) is 9.59 Å². The van der Waals surface area contributed by atoms with E-state index in [4.69, 9.17) is 0 Å². The summed E-state index contributed by atoms with van der Waals surface area (Å²) in [7, 11) is 0. The average molecular weight is 369 g/mol. The molecule has 3 aliphatic rings. The van der Waals surface area contributed by atoms with Gasteiger partial charge in [-0.2, -0.15) is 0 Å². The van der Waals surface area contributed by atoms with Crippen LogP contribution >= 0.6 is 0 Å². The average Bonchev–Trinajstić information content (AvgIpc) is 2.73. The Kier molecular flexibility index (Phi) is 3.79. The maximum absolute atomic E-state index is 13.3. The number of amides is 1. The first-order chi connectivity index (χ1) is 13.7. The lowest BCUT2D eigenvalue weighted by Gasteiger charge is -2.48. The minimum absolute atomic E-state index is 0.238. The molecular formula is C24H19NO3. The van der Waals surface area contributed by atoms with E-state index in [1.54, 1.807) is 0 Å². The number of hydrogen-bond donors (Lipinski definition) is 2. The SMILES string of the molecule is O=C(O)[C@@H]1C2c3ccccc3C(c3ccccc32)[C@H]1C(=O)Nc1ccccc1. The van der Waals surface area contributed by atoms with Crippen molar-refractivity contribution in [3.8, 4) is 0 Å². The number of fused-ring (bicyclic) bond motifs is 1.